The molecule has 0 saturated carbocycles. The van der Waals surface area contributed by atoms with Crippen LogP contribution in [0.4, 0.5) is 15.9 Å². The van der Waals surface area contributed by atoms with E-state index < -0.39 is 0 Å². The fourth-order valence-corrected chi connectivity index (χ4v) is 4.49. The van der Waals surface area contributed by atoms with Crippen LogP contribution in [0.5, 0.6) is 5.75 Å². The summed E-state index contributed by atoms with van der Waals surface area (Å²) in [5, 5.41) is 9.17. The first-order valence-electron chi connectivity index (χ1n) is 12.2. The summed E-state index contributed by atoms with van der Waals surface area (Å²) in [6.45, 7) is 1.34. The lowest BCUT2D eigenvalue weighted by molar-refractivity contribution is -0.116. The number of hydrogen-bond donors (Lipinski definition) is 3. The summed E-state index contributed by atoms with van der Waals surface area (Å²) in [7, 11) is 3.82. The summed E-state index contributed by atoms with van der Waals surface area (Å²) in [6, 6.07) is 11.3. The van der Waals surface area contributed by atoms with Crippen LogP contribution in [0.15, 0.2) is 60.9 Å². The average molecular weight is 584 g/mol. The summed E-state index contributed by atoms with van der Waals surface area (Å²) in [6.07, 6.45) is 4.60. The lowest BCUT2D eigenvalue weighted by Gasteiger charge is -2.11. The van der Waals surface area contributed by atoms with Gasteiger partial charge in [-0.2, -0.15) is 0 Å². The molecule has 4 rings (SSSR count). The molecule has 13 heteroatoms. The second kappa shape index (κ2) is 13.8. The molecule has 0 unspecified atom stereocenters. The molecule has 0 spiro atoms. The number of nitrogens with one attached hydrogen (secondary N) is 3. The van der Waals surface area contributed by atoms with Crippen molar-refractivity contribution in [3.05, 3.63) is 82.4 Å². The molecule has 0 bridgehead atoms. The molecule has 0 aliphatic rings. The van der Waals surface area contributed by atoms with Crippen LogP contribution in [0, 0.1) is 5.82 Å². The van der Waals surface area contributed by atoms with Gasteiger partial charge in [0.1, 0.15) is 34.8 Å². The third kappa shape index (κ3) is 8.18. The Kier molecular flexibility index (Phi) is 9.95. The molecule has 0 saturated heterocycles. The largest absolute Gasteiger partial charge is 0.487 e. The Morgan fingerprint density at radius 3 is 2.73 bits per heavy atom. The SMILES string of the molecule is CN(C)CC=CC(=O)NCCNC(=O)c1nc2c(Nc3ccc(OCc4cccc(F)c4)c(Cl)c3)ncnc2s1. The van der Waals surface area contributed by atoms with E-state index in [2.05, 4.69) is 30.9 Å². The highest BCUT2D eigenvalue weighted by Gasteiger charge is 2.16. The first kappa shape index (κ1) is 28.9. The summed E-state index contributed by atoms with van der Waals surface area (Å²) in [4.78, 5) is 39.8. The number of thiazole rings is 1. The molecule has 2 aromatic carbocycles. The van der Waals surface area contributed by atoms with Crippen LogP contribution >= 0.6 is 22.9 Å². The second-order valence-corrected chi connectivity index (χ2v) is 10.2. The Balaban J connectivity index is 1.34. The zero-order valence-electron chi connectivity index (χ0n) is 21.8. The molecule has 208 valence electrons. The summed E-state index contributed by atoms with van der Waals surface area (Å²) in [5.41, 5.74) is 1.74. The van der Waals surface area contributed by atoms with Crippen LogP contribution in [0.2, 0.25) is 5.02 Å². The predicted octanol–water partition coefficient (Wildman–Crippen LogP) is 4.17. The normalized spacial score (nSPS) is 11.2. The van der Waals surface area contributed by atoms with Crippen molar-refractivity contribution in [1.82, 2.24) is 30.5 Å². The Morgan fingerprint density at radius 1 is 1.12 bits per heavy atom. The van der Waals surface area contributed by atoms with Gasteiger partial charge in [-0.05, 0) is 50.0 Å². The molecule has 2 aromatic heterocycles. The van der Waals surface area contributed by atoms with Crippen LogP contribution in [0.25, 0.3) is 10.3 Å². The molecule has 10 nitrogen and oxygen atoms in total. The van der Waals surface area contributed by atoms with Crippen molar-refractivity contribution in [2.75, 3.05) is 39.0 Å². The minimum Gasteiger partial charge on any atom is -0.487 e. The Hall–Kier alpha value is -4.13. The van der Waals surface area contributed by atoms with E-state index in [4.69, 9.17) is 16.3 Å². The first-order valence-corrected chi connectivity index (χ1v) is 13.4. The van der Waals surface area contributed by atoms with Crippen molar-refractivity contribution in [1.29, 1.82) is 0 Å². The molecule has 3 N–H and O–H groups in total. The van der Waals surface area contributed by atoms with Gasteiger partial charge in [-0.15, -0.1) is 0 Å². The maximum Gasteiger partial charge on any atom is 0.280 e. The molecule has 40 heavy (non-hydrogen) atoms. The fraction of sp³-hybridized carbons (Fsp3) is 0.222. The van der Waals surface area contributed by atoms with Gasteiger partial charge in [0.15, 0.2) is 10.8 Å². The van der Waals surface area contributed by atoms with E-state index in [0.717, 1.165) is 11.3 Å². The van der Waals surface area contributed by atoms with Gasteiger partial charge in [-0.1, -0.05) is 41.1 Å². The van der Waals surface area contributed by atoms with E-state index in [1.54, 1.807) is 36.4 Å². The van der Waals surface area contributed by atoms with Gasteiger partial charge >= 0.3 is 0 Å². The molecule has 4 aromatic rings. The number of nitrogens with zero attached hydrogens (tertiary/aromatic N) is 4. The van der Waals surface area contributed by atoms with Gasteiger partial charge in [-0.25, -0.2) is 19.3 Å². The second-order valence-electron chi connectivity index (χ2n) is 8.80. The Bertz CT molecular complexity index is 1530. The number of halogens is 2. The number of anilines is 2. The lowest BCUT2D eigenvalue weighted by atomic mass is 10.2. The van der Waals surface area contributed by atoms with Gasteiger partial charge in [0, 0.05) is 31.4 Å². The number of ether oxygens (including phenoxy) is 1. The van der Waals surface area contributed by atoms with Crippen LogP contribution < -0.4 is 20.7 Å². The summed E-state index contributed by atoms with van der Waals surface area (Å²) < 4.78 is 19.1. The number of rotatable bonds is 12. The third-order valence-electron chi connectivity index (χ3n) is 5.32. The van der Waals surface area contributed by atoms with Gasteiger partial charge in [0.2, 0.25) is 5.91 Å². The molecular formula is C27H27ClFN7O3S. The number of aromatic nitrogens is 3. The van der Waals surface area contributed by atoms with E-state index in [0.29, 0.717) is 44.7 Å². The topological polar surface area (TPSA) is 121 Å². The highest BCUT2D eigenvalue weighted by Crippen LogP contribution is 2.31. The minimum atomic E-state index is -0.380. The lowest BCUT2D eigenvalue weighted by Crippen LogP contribution is -2.34. The molecule has 0 fully saturated rings. The van der Waals surface area contributed by atoms with E-state index in [9.17, 15) is 14.0 Å². The van der Waals surface area contributed by atoms with Gasteiger partial charge in [0.05, 0.1) is 5.02 Å². The Labute approximate surface area is 239 Å². The standard InChI is InChI=1S/C27H27ClFN7O3S/c1-36(2)12-4-7-22(37)30-10-11-31-25(38)27-35-23-24(32-16-33-26(23)40-27)34-19-8-9-21(20(28)14-19)39-15-17-5-3-6-18(29)13-17/h3-9,13-14,16H,10-12,15H2,1-2H3,(H,30,37)(H,31,38)(H,32,33,34). The number of benzene rings is 2. The van der Waals surface area contributed by atoms with E-state index >= 15 is 0 Å². The molecule has 0 radical (unpaired) electrons. The smallest absolute Gasteiger partial charge is 0.280 e. The van der Waals surface area contributed by atoms with Crippen molar-refractivity contribution >= 4 is 56.6 Å². The minimum absolute atomic E-state index is 0.167. The quantitative estimate of drug-likeness (QED) is 0.168. The predicted molar refractivity (Wildman–Crippen MR) is 154 cm³/mol. The molecule has 2 amide bonds. The molecular weight excluding hydrogens is 557 g/mol. The molecule has 0 atom stereocenters. The van der Waals surface area contributed by atoms with Gasteiger partial charge in [0.25, 0.3) is 5.91 Å². The third-order valence-corrected chi connectivity index (χ3v) is 6.57. The highest BCUT2D eigenvalue weighted by atomic mass is 35.5. The van der Waals surface area contributed by atoms with Crippen LogP contribution in [-0.2, 0) is 11.4 Å². The van der Waals surface area contributed by atoms with Gasteiger partial charge in [-0.3, -0.25) is 9.59 Å². The van der Waals surface area contributed by atoms with E-state index in [-0.39, 0.29) is 42.3 Å². The van der Waals surface area contributed by atoms with Gasteiger partial charge < -0.3 is 25.6 Å². The maximum absolute atomic E-state index is 13.4. The van der Waals surface area contributed by atoms with E-state index in [1.165, 1.54) is 24.5 Å². The van der Waals surface area contributed by atoms with Crippen molar-refractivity contribution in [2.45, 2.75) is 6.61 Å². The molecule has 0 aliphatic heterocycles. The van der Waals surface area contributed by atoms with Crippen molar-refractivity contribution in [3.63, 3.8) is 0 Å². The van der Waals surface area contributed by atoms with Crippen LogP contribution in [-0.4, -0.2) is 65.4 Å². The highest BCUT2D eigenvalue weighted by molar-refractivity contribution is 7.19. The number of fused-ring (bicyclic) bond motifs is 1. The number of amides is 2. The molecule has 2 heterocycles. The fourth-order valence-electron chi connectivity index (χ4n) is 3.43. The number of carbonyl (C=O) groups excluding carboxylic acids is 2. The number of likely N-dealkylation sites (N-methyl/N-ethyl adjacent to an activating group) is 1. The van der Waals surface area contributed by atoms with E-state index in [1.807, 2.05) is 19.0 Å². The first-order chi connectivity index (χ1) is 19.3. The van der Waals surface area contributed by atoms with Crippen molar-refractivity contribution < 1.29 is 18.7 Å². The van der Waals surface area contributed by atoms with Crippen molar-refractivity contribution in [2.24, 2.45) is 0 Å². The summed E-state index contributed by atoms with van der Waals surface area (Å²) >= 11 is 7.53. The zero-order chi connectivity index (χ0) is 28.5. The Morgan fingerprint density at radius 2 is 1.95 bits per heavy atom. The maximum atomic E-state index is 13.4. The number of hydrogen-bond acceptors (Lipinski definition) is 9. The zero-order valence-corrected chi connectivity index (χ0v) is 23.4. The average Bonchev–Trinajstić information content (AvgIpc) is 3.36. The molecule has 0 aliphatic carbocycles. The van der Waals surface area contributed by atoms with Crippen molar-refractivity contribution in [3.8, 4) is 5.75 Å². The van der Waals surface area contributed by atoms with Crippen LogP contribution in [0.1, 0.15) is 15.4 Å². The summed E-state index contributed by atoms with van der Waals surface area (Å²) in [5.74, 6) is -0.0970. The van der Waals surface area contributed by atoms with Crippen LogP contribution in [0.3, 0.4) is 0 Å². The monoisotopic (exact) mass is 583 g/mol. The number of carbonyl (C=O) groups is 2.